The van der Waals surface area contributed by atoms with Gasteiger partial charge in [-0.25, -0.2) is 0 Å². The van der Waals surface area contributed by atoms with Crippen LogP contribution in [0.2, 0.25) is 0 Å². The maximum atomic E-state index is 8.91. The van der Waals surface area contributed by atoms with Crippen LogP contribution < -0.4 is 9.64 Å². The average molecular weight is 230 g/mol. The van der Waals surface area contributed by atoms with Gasteiger partial charge in [-0.3, -0.25) is 0 Å². The van der Waals surface area contributed by atoms with Gasteiger partial charge in [0.15, 0.2) is 0 Å². The number of nitriles is 1. The standard InChI is InChI=1S/C14H18N2O/c1-11-9-13(16-7-3-4-8-16)12(5-6-15)10-14(11)17-2/h9-10H,3-5,7-8H2,1-2H3. The molecule has 90 valence electrons. The highest BCUT2D eigenvalue weighted by Gasteiger charge is 2.17. The topological polar surface area (TPSA) is 36.3 Å². The quantitative estimate of drug-likeness (QED) is 0.801. The van der Waals surface area contributed by atoms with Gasteiger partial charge >= 0.3 is 0 Å². The molecule has 0 bridgehead atoms. The summed E-state index contributed by atoms with van der Waals surface area (Å²) in [6.07, 6.45) is 2.94. The van der Waals surface area contributed by atoms with Crippen molar-refractivity contribution in [3.63, 3.8) is 0 Å². The molecule has 3 nitrogen and oxygen atoms in total. The lowest BCUT2D eigenvalue weighted by Gasteiger charge is -2.22. The number of rotatable bonds is 3. The molecule has 17 heavy (non-hydrogen) atoms. The summed E-state index contributed by atoms with van der Waals surface area (Å²) in [6, 6.07) is 6.39. The first kappa shape index (κ1) is 11.8. The summed E-state index contributed by atoms with van der Waals surface area (Å²) in [5, 5.41) is 8.91. The summed E-state index contributed by atoms with van der Waals surface area (Å²) in [6.45, 7) is 4.25. The number of anilines is 1. The lowest BCUT2D eigenvalue weighted by molar-refractivity contribution is 0.411. The number of methoxy groups -OCH3 is 1. The first-order valence-electron chi connectivity index (χ1n) is 6.05. The Kier molecular flexibility index (Phi) is 3.53. The third-order valence-electron chi connectivity index (χ3n) is 3.31. The van der Waals surface area contributed by atoms with Crippen molar-refractivity contribution in [1.29, 1.82) is 5.26 Å². The van der Waals surface area contributed by atoms with Gasteiger partial charge in [-0.1, -0.05) is 0 Å². The fourth-order valence-electron chi connectivity index (χ4n) is 2.41. The molecule has 0 N–H and O–H groups in total. The van der Waals surface area contributed by atoms with Crippen LogP contribution in [0, 0.1) is 18.3 Å². The second-order valence-corrected chi connectivity index (χ2v) is 4.48. The molecule has 0 aliphatic carbocycles. The third kappa shape index (κ3) is 2.36. The molecule has 0 radical (unpaired) electrons. The van der Waals surface area contributed by atoms with E-state index in [1.807, 2.05) is 6.07 Å². The summed E-state index contributed by atoms with van der Waals surface area (Å²) in [7, 11) is 1.67. The second-order valence-electron chi connectivity index (χ2n) is 4.48. The van der Waals surface area contributed by atoms with Crippen LogP contribution >= 0.6 is 0 Å². The fourth-order valence-corrected chi connectivity index (χ4v) is 2.41. The Hall–Kier alpha value is -1.69. The Morgan fingerprint density at radius 3 is 2.65 bits per heavy atom. The number of benzene rings is 1. The molecule has 0 amide bonds. The summed E-state index contributed by atoms with van der Waals surface area (Å²) in [5.74, 6) is 0.873. The Labute approximate surface area is 103 Å². The van der Waals surface area contributed by atoms with Crippen LogP contribution in [0.25, 0.3) is 0 Å². The maximum Gasteiger partial charge on any atom is 0.122 e. The highest BCUT2D eigenvalue weighted by molar-refractivity contribution is 5.60. The van der Waals surface area contributed by atoms with E-state index in [-0.39, 0.29) is 0 Å². The number of hydrogen-bond acceptors (Lipinski definition) is 3. The van der Waals surface area contributed by atoms with Crippen molar-refractivity contribution in [2.24, 2.45) is 0 Å². The normalized spacial score (nSPS) is 14.8. The van der Waals surface area contributed by atoms with Crippen LogP contribution in [0.1, 0.15) is 24.0 Å². The molecule has 1 saturated heterocycles. The summed E-state index contributed by atoms with van der Waals surface area (Å²) >= 11 is 0. The monoisotopic (exact) mass is 230 g/mol. The van der Waals surface area contributed by atoms with Gasteiger partial charge in [0.05, 0.1) is 19.6 Å². The number of aryl methyl sites for hydroxylation is 1. The molecule has 1 aromatic carbocycles. The minimum Gasteiger partial charge on any atom is -0.496 e. The van der Waals surface area contributed by atoms with Gasteiger partial charge < -0.3 is 9.64 Å². The van der Waals surface area contributed by atoms with E-state index in [4.69, 9.17) is 10.00 Å². The molecular formula is C14H18N2O. The van der Waals surface area contributed by atoms with E-state index < -0.39 is 0 Å². The van der Waals surface area contributed by atoms with Crippen LogP contribution in [0.4, 0.5) is 5.69 Å². The summed E-state index contributed by atoms with van der Waals surface area (Å²) in [4.78, 5) is 2.37. The Bertz CT molecular complexity index is 442. The van der Waals surface area contributed by atoms with Crippen LogP contribution in [0.3, 0.4) is 0 Å². The summed E-state index contributed by atoms with van der Waals surface area (Å²) in [5.41, 5.74) is 3.43. The van der Waals surface area contributed by atoms with E-state index in [2.05, 4.69) is 24.0 Å². The molecule has 1 aromatic rings. The fraction of sp³-hybridized carbons (Fsp3) is 0.500. The van der Waals surface area contributed by atoms with E-state index in [9.17, 15) is 0 Å². The van der Waals surface area contributed by atoms with Crippen molar-refractivity contribution >= 4 is 5.69 Å². The van der Waals surface area contributed by atoms with Crippen molar-refractivity contribution in [2.45, 2.75) is 26.2 Å². The minimum absolute atomic E-state index is 0.447. The van der Waals surface area contributed by atoms with Crippen molar-refractivity contribution in [1.82, 2.24) is 0 Å². The van der Waals surface area contributed by atoms with E-state index in [1.54, 1.807) is 7.11 Å². The van der Waals surface area contributed by atoms with Gasteiger partial charge in [0.25, 0.3) is 0 Å². The zero-order valence-corrected chi connectivity index (χ0v) is 10.5. The molecule has 2 rings (SSSR count). The number of nitrogens with zero attached hydrogens (tertiary/aromatic N) is 2. The summed E-state index contributed by atoms with van der Waals surface area (Å²) < 4.78 is 5.32. The van der Waals surface area contributed by atoms with Crippen LogP contribution in [0.15, 0.2) is 12.1 Å². The van der Waals surface area contributed by atoms with E-state index in [1.165, 1.54) is 18.5 Å². The molecular weight excluding hydrogens is 212 g/mol. The smallest absolute Gasteiger partial charge is 0.122 e. The van der Waals surface area contributed by atoms with Gasteiger partial charge in [-0.2, -0.15) is 5.26 Å². The SMILES string of the molecule is COc1cc(CC#N)c(N2CCCC2)cc1C. The van der Waals surface area contributed by atoms with Gasteiger partial charge in [0.1, 0.15) is 5.75 Å². The molecule has 1 aliphatic heterocycles. The first-order valence-corrected chi connectivity index (χ1v) is 6.05. The van der Waals surface area contributed by atoms with Crippen molar-refractivity contribution in [3.05, 3.63) is 23.3 Å². The first-order chi connectivity index (χ1) is 8.26. The van der Waals surface area contributed by atoms with Gasteiger partial charge in [0, 0.05) is 18.8 Å². The lowest BCUT2D eigenvalue weighted by atomic mass is 10.1. The molecule has 1 fully saturated rings. The van der Waals surface area contributed by atoms with Crippen LogP contribution in [-0.4, -0.2) is 20.2 Å². The highest BCUT2D eigenvalue weighted by atomic mass is 16.5. The van der Waals surface area contributed by atoms with E-state index in [0.717, 1.165) is 30.0 Å². The van der Waals surface area contributed by atoms with Gasteiger partial charge in [0.2, 0.25) is 0 Å². The van der Waals surface area contributed by atoms with E-state index in [0.29, 0.717) is 6.42 Å². The second kappa shape index (κ2) is 5.09. The zero-order valence-electron chi connectivity index (χ0n) is 10.5. The van der Waals surface area contributed by atoms with Gasteiger partial charge in [-0.15, -0.1) is 0 Å². The molecule has 0 unspecified atom stereocenters. The molecule has 0 atom stereocenters. The molecule has 0 aromatic heterocycles. The van der Waals surface area contributed by atoms with Crippen molar-refractivity contribution in [3.8, 4) is 11.8 Å². The largest absolute Gasteiger partial charge is 0.496 e. The number of ether oxygens (including phenoxy) is 1. The molecule has 3 heteroatoms. The molecule has 1 heterocycles. The Morgan fingerprint density at radius 1 is 1.35 bits per heavy atom. The van der Waals surface area contributed by atoms with Crippen LogP contribution in [-0.2, 0) is 6.42 Å². The Morgan fingerprint density at radius 2 is 2.06 bits per heavy atom. The number of hydrogen-bond donors (Lipinski definition) is 0. The molecule has 0 saturated carbocycles. The van der Waals surface area contributed by atoms with E-state index >= 15 is 0 Å². The molecule has 1 aliphatic rings. The van der Waals surface area contributed by atoms with Gasteiger partial charge in [-0.05, 0) is 43.0 Å². The third-order valence-corrected chi connectivity index (χ3v) is 3.31. The average Bonchev–Trinajstić information content (AvgIpc) is 2.84. The zero-order chi connectivity index (χ0) is 12.3. The predicted octanol–water partition coefficient (Wildman–Crippen LogP) is 2.67. The maximum absolute atomic E-state index is 8.91. The van der Waals surface area contributed by atoms with Crippen molar-refractivity contribution in [2.75, 3.05) is 25.1 Å². The Balaban J connectivity index is 2.41. The lowest BCUT2D eigenvalue weighted by Crippen LogP contribution is -2.19. The van der Waals surface area contributed by atoms with Crippen molar-refractivity contribution < 1.29 is 4.74 Å². The van der Waals surface area contributed by atoms with Crippen LogP contribution in [0.5, 0.6) is 5.75 Å². The predicted molar refractivity (Wildman–Crippen MR) is 68.5 cm³/mol. The molecule has 0 spiro atoms. The minimum atomic E-state index is 0.447. The highest BCUT2D eigenvalue weighted by Crippen LogP contribution is 2.31.